The maximum absolute atomic E-state index is 11.4. The molecule has 25 heavy (non-hydrogen) atoms. The summed E-state index contributed by atoms with van der Waals surface area (Å²) in [5, 5.41) is 8.50. The van der Waals surface area contributed by atoms with Crippen LogP contribution in [0, 0.1) is 0 Å². The second-order valence-electron chi connectivity index (χ2n) is 5.35. The number of sulfone groups is 1. The molecule has 0 atom stereocenters. The average molecular weight is 382 g/mol. The zero-order valence-corrected chi connectivity index (χ0v) is 16.0. The van der Waals surface area contributed by atoms with Crippen LogP contribution in [0.5, 0.6) is 5.75 Å². The molecule has 0 aliphatic carbocycles. The van der Waals surface area contributed by atoms with Gasteiger partial charge in [0.2, 0.25) is 0 Å². The summed E-state index contributed by atoms with van der Waals surface area (Å²) in [5.74, 6) is 1.36. The molecule has 0 aliphatic rings. The van der Waals surface area contributed by atoms with Crippen molar-refractivity contribution in [3.63, 3.8) is 0 Å². The topological polar surface area (TPSA) is 79.8 Å². The third-order valence-corrected chi connectivity index (χ3v) is 5.45. The predicted molar refractivity (Wildman–Crippen MR) is 102 cm³/mol. The van der Waals surface area contributed by atoms with Gasteiger partial charge in [0.05, 0.1) is 11.4 Å². The zero-order valence-electron chi connectivity index (χ0n) is 14.4. The number of rotatable bonds is 8. The molecular weight excluding hydrogens is 358 g/mol. The quantitative estimate of drug-likeness (QED) is 0.415. The molecule has 0 unspecified atom stereocenters. The Bertz CT molecular complexity index is 770. The second-order valence-corrected chi connectivity index (χ2v) is 8.40. The molecule has 0 radical (unpaired) electrons. The van der Waals surface area contributed by atoms with Crippen LogP contribution in [-0.4, -0.2) is 47.4 Å². The monoisotopic (exact) mass is 381 g/mol. The number of guanidine groups is 1. The SMILES string of the molecule is CN=C(NCCOc1ccc(S(C)(=O)=O)cc1)NCCc1cccs1. The van der Waals surface area contributed by atoms with Gasteiger partial charge in [0.15, 0.2) is 15.8 Å². The lowest BCUT2D eigenvalue weighted by atomic mass is 10.3. The first-order valence-corrected chi connectivity index (χ1v) is 10.7. The van der Waals surface area contributed by atoms with Crippen molar-refractivity contribution in [3.05, 3.63) is 46.7 Å². The largest absolute Gasteiger partial charge is 0.492 e. The molecule has 0 amide bonds. The zero-order chi connectivity index (χ0) is 18.1. The van der Waals surface area contributed by atoms with Crippen LogP contribution in [0.4, 0.5) is 0 Å². The first-order chi connectivity index (χ1) is 12.0. The van der Waals surface area contributed by atoms with Gasteiger partial charge in [0.1, 0.15) is 12.4 Å². The summed E-state index contributed by atoms with van der Waals surface area (Å²) >= 11 is 1.75. The number of thiophene rings is 1. The van der Waals surface area contributed by atoms with Gasteiger partial charge in [-0.1, -0.05) is 6.07 Å². The van der Waals surface area contributed by atoms with Crippen LogP contribution in [-0.2, 0) is 16.3 Å². The van der Waals surface area contributed by atoms with Crippen LogP contribution in [0.2, 0.25) is 0 Å². The molecule has 0 aliphatic heterocycles. The van der Waals surface area contributed by atoms with Crippen molar-refractivity contribution in [1.29, 1.82) is 0 Å². The number of hydrogen-bond acceptors (Lipinski definition) is 5. The number of ether oxygens (including phenoxy) is 1. The van der Waals surface area contributed by atoms with Crippen molar-refractivity contribution >= 4 is 27.1 Å². The maximum atomic E-state index is 11.4. The first-order valence-electron chi connectivity index (χ1n) is 7.89. The Morgan fingerprint density at radius 2 is 1.88 bits per heavy atom. The van der Waals surface area contributed by atoms with E-state index in [2.05, 4.69) is 27.1 Å². The summed E-state index contributed by atoms with van der Waals surface area (Å²) in [4.78, 5) is 5.79. The fraction of sp³-hybridized carbons (Fsp3) is 0.353. The van der Waals surface area contributed by atoms with Crippen molar-refractivity contribution in [2.24, 2.45) is 4.99 Å². The summed E-state index contributed by atoms with van der Waals surface area (Å²) in [6, 6.07) is 10.6. The highest BCUT2D eigenvalue weighted by atomic mass is 32.2. The van der Waals surface area contributed by atoms with Gasteiger partial charge in [-0.3, -0.25) is 4.99 Å². The van der Waals surface area contributed by atoms with Crippen LogP contribution < -0.4 is 15.4 Å². The molecule has 2 rings (SSSR count). The van der Waals surface area contributed by atoms with E-state index in [0.717, 1.165) is 18.9 Å². The Kier molecular flexibility index (Phi) is 7.27. The molecule has 1 aromatic heterocycles. The number of nitrogens with one attached hydrogen (secondary N) is 2. The Morgan fingerprint density at radius 1 is 1.16 bits per heavy atom. The Hall–Kier alpha value is -2.06. The van der Waals surface area contributed by atoms with Gasteiger partial charge in [-0.05, 0) is 42.1 Å². The molecule has 0 spiro atoms. The fourth-order valence-electron chi connectivity index (χ4n) is 2.10. The number of aliphatic imine (C=N–C) groups is 1. The third-order valence-electron chi connectivity index (χ3n) is 3.38. The highest BCUT2D eigenvalue weighted by Crippen LogP contribution is 2.15. The average Bonchev–Trinajstić information content (AvgIpc) is 3.10. The first kappa shape index (κ1) is 19.3. The van der Waals surface area contributed by atoms with E-state index in [1.54, 1.807) is 42.6 Å². The molecule has 6 nitrogen and oxygen atoms in total. The highest BCUT2D eigenvalue weighted by Gasteiger charge is 2.06. The highest BCUT2D eigenvalue weighted by molar-refractivity contribution is 7.90. The summed E-state index contributed by atoms with van der Waals surface area (Å²) < 4.78 is 28.4. The molecule has 0 bridgehead atoms. The molecule has 136 valence electrons. The van der Waals surface area contributed by atoms with Crippen LogP contribution in [0.25, 0.3) is 0 Å². The molecule has 8 heteroatoms. The van der Waals surface area contributed by atoms with Gasteiger partial charge in [0.25, 0.3) is 0 Å². The molecule has 0 fully saturated rings. The van der Waals surface area contributed by atoms with Gasteiger partial charge in [-0.15, -0.1) is 11.3 Å². The molecule has 0 saturated heterocycles. The van der Waals surface area contributed by atoms with Crippen molar-refractivity contribution in [2.45, 2.75) is 11.3 Å². The van der Waals surface area contributed by atoms with E-state index < -0.39 is 9.84 Å². The van der Waals surface area contributed by atoms with Gasteiger partial charge in [-0.2, -0.15) is 0 Å². The van der Waals surface area contributed by atoms with Crippen LogP contribution >= 0.6 is 11.3 Å². The van der Waals surface area contributed by atoms with Crippen molar-refractivity contribution < 1.29 is 13.2 Å². The molecule has 0 saturated carbocycles. The lowest BCUT2D eigenvalue weighted by Gasteiger charge is -2.12. The summed E-state index contributed by atoms with van der Waals surface area (Å²) in [6.45, 7) is 1.85. The Balaban J connectivity index is 1.67. The molecule has 2 aromatic rings. The van der Waals surface area contributed by atoms with Crippen LogP contribution in [0.3, 0.4) is 0 Å². The van der Waals surface area contributed by atoms with E-state index in [-0.39, 0.29) is 4.90 Å². The van der Waals surface area contributed by atoms with Crippen LogP contribution in [0.15, 0.2) is 51.7 Å². The summed E-state index contributed by atoms with van der Waals surface area (Å²) in [7, 11) is -1.45. The minimum absolute atomic E-state index is 0.285. The van der Waals surface area contributed by atoms with Crippen molar-refractivity contribution in [1.82, 2.24) is 10.6 Å². The standard InChI is InChI=1S/C17H23N3O3S2/c1-18-17(19-10-9-15-4-3-13-24-15)20-11-12-23-14-5-7-16(8-6-14)25(2,21)22/h3-8,13H,9-12H2,1-2H3,(H2,18,19,20). The Labute approximate surface area is 152 Å². The fourth-order valence-corrected chi connectivity index (χ4v) is 3.44. The number of benzene rings is 1. The van der Waals surface area contributed by atoms with Crippen molar-refractivity contribution in [3.8, 4) is 5.75 Å². The lowest BCUT2D eigenvalue weighted by Crippen LogP contribution is -2.40. The minimum Gasteiger partial charge on any atom is -0.492 e. The number of nitrogens with zero attached hydrogens (tertiary/aromatic N) is 1. The number of hydrogen-bond donors (Lipinski definition) is 2. The molecule has 1 heterocycles. The minimum atomic E-state index is -3.18. The third kappa shape index (κ3) is 6.75. The van der Waals surface area contributed by atoms with E-state index in [1.165, 1.54) is 11.1 Å². The summed E-state index contributed by atoms with van der Waals surface area (Å²) in [6.07, 6.45) is 2.14. The van der Waals surface area contributed by atoms with E-state index in [1.807, 2.05) is 6.07 Å². The lowest BCUT2D eigenvalue weighted by molar-refractivity contribution is 0.321. The normalized spacial score (nSPS) is 12.0. The molecular formula is C17H23N3O3S2. The van der Waals surface area contributed by atoms with E-state index >= 15 is 0 Å². The van der Waals surface area contributed by atoms with Crippen LogP contribution in [0.1, 0.15) is 4.88 Å². The Morgan fingerprint density at radius 3 is 2.48 bits per heavy atom. The van der Waals surface area contributed by atoms with Gasteiger partial charge >= 0.3 is 0 Å². The van der Waals surface area contributed by atoms with Gasteiger partial charge in [0, 0.05) is 24.7 Å². The van der Waals surface area contributed by atoms with Gasteiger partial charge < -0.3 is 15.4 Å². The summed E-state index contributed by atoms with van der Waals surface area (Å²) in [5.41, 5.74) is 0. The smallest absolute Gasteiger partial charge is 0.191 e. The van der Waals surface area contributed by atoms with E-state index in [9.17, 15) is 8.42 Å². The van der Waals surface area contributed by atoms with Gasteiger partial charge in [-0.25, -0.2) is 8.42 Å². The maximum Gasteiger partial charge on any atom is 0.191 e. The molecule has 2 N–H and O–H groups in total. The van der Waals surface area contributed by atoms with E-state index in [0.29, 0.717) is 18.9 Å². The predicted octanol–water partition coefficient (Wildman–Crippen LogP) is 1.94. The second kappa shape index (κ2) is 9.43. The molecule has 1 aromatic carbocycles. The van der Waals surface area contributed by atoms with E-state index in [4.69, 9.17) is 4.74 Å². The van der Waals surface area contributed by atoms with Crippen molar-refractivity contribution in [2.75, 3.05) is 33.0 Å².